The zero-order valence-electron chi connectivity index (χ0n) is 10.9. The molecule has 3 atom stereocenters. The molecule has 0 aromatic heterocycles. The molecule has 3 unspecified atom stereocenters. The summed E-state index contributed by atoms with van der Waals surface area (Å²) in [5.74, 6) is 0.0885. The van der Waals surface area contributed by atoms with Crippen LogP contribution in [-0.2, 0) is 4.79 Å². The van der Waals surface area contributed by atoms with E-state index in [2.05, 4.69) is 20.8 Å². The molecule has 0 aromatic rings. The fourth-order valence-corrected chi connectivity index (χ4v) is 2.41. The first-order chi connectivity index (χ1) is 7.52. The van der Waals surface area contributed by atoms with Crippen molar-refractivity contribution >= 4 is 5.97 Å². The third-order valence-corrected chi connectivity index (χ3v) is 3.43. The number of carbonyl (C=O) groups is 1. The Labute approximate surface area is 99.4 Å². The predicted octanol–water partition coefficient (Wildman–Crippen LogP) is 3.03. The van der Waals surface area contributed by atoms with Gasteiger partial charge in [0, 0.05) is 6.04 Å². The SMILES string of the molecule is CCCCCC(C)C(CC)C(N)CC(=O)O. The number of aliphatic carboxylic acids is 1. The van der Waals surface area contributed by atoms with Crippen molar-refractivity contribution in [1.82, 2.24) is 0 Å². The normalized spacial score (nSPS) is 16.8. The van der Waals surface area contributed by atoms with Gasteiger partial charge in [-0.1, -0.05) is 52.9 Å². The molecule has 0 rings (SSSR count). The molecule has 16 heavy (non-hydrogen) atoms. The summed E-state index contributed by atoms with van der Waals surface area (Å²) in [4.78, 5) is 10.6. The first-order valence-corrected chi connectivity index (χ1v) is 6.50. The number of hydrogen-bond acceptors (Lipinski definition) is 2. The van der Waals surface area contributed by atoms with Gasteiger partial charge in [0.15, 0.2) is 0 Å². The summed E-state index contributed by atoms with van der Waals surface area (Å²) in [6, 6.07) is -0.195. The van der Waals surface area contributed by atoms with Gasteiger partial charge < -0.3 is 10.8 Å². The largest absolute Gasteiger partial charge is 0.481 e. The van der Waals surface area contributed by atoms with E-state index in [-0.39, 0.29) is 12.5 Å². The van der Waals surface area contributed by atoms with Gasteiger partial charge in [0.1, 0.15) is 0 Å². The number of hydrogen-bond donors (Lipinski definition) is 2. The summed E-state index contributed by atoms with van der Waals surface area (Å²) in [6.45, 7) is 6.49. The average molecular weight is 229 g/mol. The minimum atomic E-state index is -0.785. The lowest BCUT2D eigenvalue weighted by atomic mass is 9.81. The van der Waals surface area contributed by atoms with Gasteiger partial charge >= 0.3 is 5.97 Å². The molecular formula is C13H27NO2. The molecule has 0 spiro atoms. The molecule has 3 N–H and O–H groups in total. The zero-order chi connectivity index (χ0) is 12.6. The van der Waals surface area contributed by atoms with Crippen LogP contribution in [0.4, 0.5) is 0 Å². The van der Waals surface area contributed by atoms with Gasteiger partial charge in [-0.2, -0.15) is 0 Å². The Morgan fingerprint density at radius 3 is 2.38 bits per heavy atom. The number of unbranched alkanes of at least 4 members (excludes halogenated alkanes) is 2. The van der Waals surface area contributed by atoms with E-state index in [1.165, 1.54) is 25.7 Å². The molecule has 0 aliphatic rings. The lowest BCUT2D eigenvalue weighted by Gasteiger charge is -2.27. The van der Waals surface area contributed by atoms with E-state index < -0.39 is 5.97 Å². The monoisotopic (exact) mass is 229 g/mol. The van der Waals surface area contributed by atoms with Crippen LogP contribution in [0.2, 0.25) is 0 Å². The van der Waals surface area contributed by atoms with Crippen LogP contribution in [0.5, 0.6) is 0 Å². The fraction of sp³-hybridized carbons (Fsp3) is 0.923. The standard InChI is InChI=1S/C13H27NO2/c1-4-6-7-8-10(3)11(5-2)12(14)9-13(15)16/h10-12H,4-9,14H2,1-3H3,(H,15,16). The van der Waals surface area contributed by atoms with Crippen molar-refractivity contribution in [3.63, 3.8) is 0 Å². The molecule has 96 valence electrons. The Bertz CT molecular complexity index is 194. The molecule has 3 nitrogen and oxygen atoms in total. The number of rotatable bonds is 9. The molecule has 0 amide bonds. The summed E-state index contributed by atoms with van der Waals surface area (Å²) in [6.07, 6.45) is 5.95. The first-order valence-electron chi connectivity index (χ1n) is 6.50. The molecule has 0 saturated heterocycles. The highest BCUT2D eigenvalue weighted by Crippen LogP contribution is 2.25. The van der Waals surface area contributed by atoms with Crippen molar-refractivity contribution in [2.24, 2.45) is 17.6 Å². The maximum Gasteiger partial charge on any atom is 0.304 e. The highest BCUT2D eigenvalue weighted by Gasteiger charge is 2.23. The van der Waals surface area contributed by atoms with Crippen LogP contribution in [0, 0.1) is 11.8 Å². The summed E-state index contributed by atoms with van der Waals surface area (Å²) < 4.78 is 0. The van der Waals surface area contributed by atoms with E-state index in [1.54, 1.807) is 0 Å². The second-order valence-electron chi connectivity index (χ2n) is 4.81. The van der Waals surface area contributed by atoms with Crippen LogP contribution < -0.4 is 5.73 Å². The Hall–Kier alpha value is -0.570. The molecule has 0 aliphatic heterocycles. The lowest BCUT2D eigenvalue weighted by Crippen LogP contribution is -2.35. The Morgan fingerprint density at radius 2 is 1.94 bits per heavy atom. The van der Waals surface area contributed by atoms with Crippen molar-refractivity contribution in [2.75, 3.05) is 0 Å². The van der Waals surface area contributed by atoms with Crippen LogP contribution >= 0.6 is 0 Å². The van der Waals surface area contributed by atoms with E-state index in [1.807, 2.05) is 0 Å². The molecule has 0 bridgehead atoms. The molecule has 0 radical (unpaired) electrons. The van der Waals surface area contributed by atoms with Gasteiger partial charge in [0.05, 0.1) is 6.42 Å². The molecule has 0 heterocycles. The number of nitrogens with two attached hydrogens (primary N) is 1. The van der Waals surface area contributed by atoms with E-state index in [0.717, 1.165) is 6.42 Å². The average Bonchev–Trinajstić information content (AvgIpc) is 2.18. The molecule has 3 heteroatoms. The highest BCUT2D eigenvalue weighted by molar-refractivity contribution is 5.67. The summed E-state index contributed by atoms with van der Waals surface area (Å²) in [5.41, 5.74) is 5.95. The second-order valence-corrected chi connectivity index (χ2v) is 4.81. The zero-order valence-corrected chi connectivity index (χ0v) is 10.9. The third-order valence-electron chi connectivity index (χ3n) is 3.43. The molecular weight excluding hydrogens is 202 g/mol. The molecule has 0 fully saturated rings. The van der Waals surface area contributed by atoms with Crippen LogP contribution in [-0.4, -0.2) is 17.1 Å². The smallest absolute Gasteiger partial charge is 0.304 e. The van der Waals surface area contributed by atoms with Crippen LogP contribution in [0.1, 0.15) is 59.3 Å². The van der Waals surface area contributed by atoms with Crippen LogP contribution in [0.3, 0.4) is 0 Å². The van der Waals surface area contributed by atoms with Crippen molar-refractivity contribution < 1.29 is 9.90 Å². The van der Waals surface area contributed by atoms with Gasteiger partial charge in [-0.3, -0.25) is 4.79 Å². The predicted molar refractivity (Wildman–Crippen MR) is 67.3 cm³/mol. The molecule has 0 aromatic carbocycles. The van der Waals surface area contributed by atoms with Gasteiger partial charge in [0.25, 0.3) is 0 Å². The maximum absolute atomic E-state index is 10.6. The van der Waals surface area contributed by atoms with Crippen molar-refractivity contribution in [2.45, 2.75) is 65.3 Å². The van der Waals surface area contributed by atoms with Crippen LogP contribution in [0.25, 0.3) is 0 Å². The Kier molecular flexibility index (Phi) is 8.26. The van der Waals surface area contributed by atoms with Gasteiger partial charge in [-0.05, 0) is 11.8 Å². The van der Waals surface area contributed by atoms with Gasteiger partial charge in [0.2, 0.25) is 0 Å². The van der Waals surface area contributed by atoms with E-state index in [0.29, 0.717) is 11.8 Å². The number of carboxylic acid groups (broad SMARTS) is 1. The topological polar surface area (TPSA) is 63.3 Å². The fourth-order valence-electron chi connectivity index (χ4n) is 2.41. The minimum Gasteiger partial charge on any atom is -0.481 e. The highest BCUT2D eigenvalue weighted by atomic mass is 16.4. The van der Waals surface area contributed by atoms with Crippen molar-refractivity contribution in [3.8, 4) is 0 Å². The number of carboxylic acids is 1. The summed E-state index contributed by atoms with van der Waals surface area (Å²) in [5, 5.41) is 8.74. The summed E-state index contributed by atoms with van der Waals surface area (Å²) in [7, 11) is 0. The van der Waals surface area contributed by atoms with E-state index >= 15 is 0 Å². The van der Waals surface area contributed by atoms with Crippen molar-refractivity contribution in [3.05, 3.63) is 0 Å². The van der Waals surface area contributed by atoms with E-state index in [9.17, 15) is 4.79 Å². The Morgan fingerprint density at radius 1 is 1.31 bits per heavy atom. The lowest BCUT2D eigenvalue weighted by molar-refractivity contribution is -0.137. The minimum absolute atomic E-state index is 0.0939. The summed E-state index contributed by atoms with van der Waals surface area (Å²) >= 11 is 0. The van der Waals surface area contributed by atoms with Gasteiger partial charge in [-0.15, -0.1) is 0 Å². The quantitative estimate of drug-likeness (QED) is 0.597. The second kappa shape index (κ2) is 8.57. The van der Waals surface area contributed by atoms with E-state index in [4.69, 9.17) is 10.8 Å². The molecule has 0 aliphatic carbocycles. The Balaban J connectivity index is 4.08. The van der Waals surface area contributed by atoms with Gasteiger partial charge in [-0.25, -0.2) is 0 Å². The van der Waals surface area contributed by atoms with Crippen molar-refractivity contribution in [1.29, 1.82) is 0 Å². The first kappa shape index (κ1) is 15.4. The maximum atomic E-state index is 10.6. The van der Waals surface area contributed by atoms with Crippen LogP contribution in [0.15, 0.2) is 0 Å². The molecule has 0 saturated carbocycles. The third kappa shape index (κ3) is 6.11.